The van der Waals surface area contributed by atoms with Crippen LogP contribution in [0.4, 0.5) is 4.39 Å². The van der Waals surface area contributed by atoms with Crippen molar-refractivity contribution in [1.29, 1.82) is 0 Å². The van der Waals surface area contributed by atoms with Crippen molar-refractivity contribution in [3.8, 4) is 17.0 Å². The average Bonchev–Trinajstić information content (AvgIpc) is 2.45. The summed E-state index contributed by atoms with van der Waals surface area (Å²) in [6, 6.07) is 8.33. The molecular formula is C15H17FN2O. The van der Waals surface area contributed by atoms with E-state index in [-0.39, 0.29) is 5.82 Å². The second-order valence-corrected chi connectivity index (χ2v) is 4.21. The van der Waals surface area contributed by atoms with Crippen LogP contribution in [0.5, 0.6) is 5.75 Å². The number of nitrogens with two attached hydrogens (primary N) is 1. The van der Waals surface area contributed by atoms with E-state index in [2.05, 4.69) is 4.98 Å². The maximum absolute atomic E-state index is 13.7. The van der Waals surface area contributed by atoms with Crippen LogP contribution in [-0.2, 0) is 6.54 Å². The lowest BCUT2D eigenvalue weighted by molar-refractivity contribution is 0.313. The van der Waals surface area contributed by atoms with E-state index in [4.69, 9.17) is 10.5 Å². The summed E-state index contributed by atoms with van der Waals surface area (Å²) in [6.45, 7) is 2.99. The summed E-state index contributed by atoms with van der Waals surface area (Å²) in [5, 5.41) is 0. The van der Waals surface area contributed by atoms with Crippen molar-refractivity contribution in [3.05, 3.63) is 47.9 Å². The van der Waals surface area contributed by atoms with Crippen LogP contribution in [0.15, 0.2) is 36.5 Å². The summed E-state index contributed by atoms with van der Waals surface area (Å²) in [5.41, 5.74) is 7.58. The Balaban J connectivity index is 2.36. The molecule has 3 nitrogen and oxygen atoms in total. The van der Waals surface area contributed by atoms with Crippen LogP contribution in [0.2, 0.25) is 0 Å². The van der Waals surface area contributed by atoms with Gasteiger partial charge in [-0.15, -0.1) is 0 Å². The SMILES string of the molecule is CCCOc1cnc(-c2ccccc2F)cc1CN. The van der Waals surface area contributed by atoms with Gasteiger partial charge in [-0.05, 0) is 24.6 Å². The molecule has 0 aliphatic rings. The fraction of sp³-hybridized carbons (Fsp3) is 0.267. The summed E-state index contributed by atoms with van der Waals surface area (Å²) < 4.78 is 19.3. The minimum Gasteiger partial charge on any atom is -0.492 e. The third-order valence-corrected chi connectivity index (χ3v) is 2.78. The highest BCUT2D eigenvalue weighted by Crippen LogP contribution is 2.25. The molecule has 2 N–H and O–H groups in total. The monoisotopic (exact) mass is 260 g/mol. The molecule has 0 amide bonds. The topological polar surface area (TPSA) is 48.1 Å². The van der Waals surface area contributed by atoms with Crippen LogP contribution < -0.4 is 10.5 Å². The number of hydrogen-bond donors (Lipinski definition) is 1. The zero-order chi connectivity index (χ0) is 13.7. The predicted octanol–water partition coefficient (Wildman–Crippen LogP) is 3.14. The molecule has 1 aromatic carbocycles. The fourth-order valence-electron chi connectivity index (χ4n) is 1.80. The molecule has 0 radical (unpaired) electrons. The Hall–Kier alpha value is -1.94. The van der Waals surface area contributed by atoms with Crippen molar-refractivity contribution in [2.24, 2.45) is 5.73 Å². The van der Waals surface area contributed by atoms with Crippen LogP contribution >= 0.6 is 0 Å². The molecule has 2 aromatic rings. The van der Waals surface area contributed by atoms with E-state index in [9.17, 15) is 4.39 Å². The minimum atomic E-state index is -0.291. The predicted molar refractivity (Wildman–Crippen MR) is 73.3 cm³/mol. The van der Waals surface area contributed by atoms with Gasteiger partial charge in [0.05, 0.1) is 18.5 Å². The van der Waals surface area contributed by atoms with Gasteiger partial charge in [-0.2, -0.15) is 0 Å². The molecule has 0 fully saturated rings. The van der Waals surface area contributed by atoms with E-state index in [1.54, 1.807) is 30.5 Å². The van der Waals surface area contributed by atoms with Crippen LogP contribution in [0, 0.1) is 5.82 Å². The van der Waals surface area contributed by atoms with Gasteiger partial charge in [-0.3, -0.25) is 4.98 Å². The molecule has 0 aliphatic heterocycles. The van der Waals surface area contributed by atoms with Gasteiger partial charge < -0.3 is 10.5 Å². The van der Waals surface area contributed by atoms with Gasteiger partial charge in [0, 0.05) is 17.7 Å². The number of nitrogens with zero attached hydrogens (tertiary/aromatic N) is 1. The first-order chi connectivity index (χ1) is 9.26. The number of rotatable bonds is 5. The van der Waals surface area contributed by atoms with Gasteiger partial charge in [-0.25, -0.2) is 4.39 Å². The average molecular weight is 260 g/mol. The van der Waals surface area contributed by atoms with Crippen molar-refractivity contribution in [2.75, 3.05) is 6.61 Å². The Bertz CT molecular complexity index is 558. The van der Waals surface area contributed by atoms with E-state index < -0.39 is 0 Å². The van der Waals surface area contributed by atoms with Crippen molar-refractivity contribution in [2.45, 2.75) is 19.9 Å². The fourth-order valence-corrected chi connectivity index (χ4v) is 1.80. The first-order valence-electron chi connectivity index (χ1n) is 6.33. The number of benzene rings is 1. The molecule has 0 saturated carbocycles. The maximum Gasteiger partial charge on any atom is 0.142 e. The molecule has 4 heteroatoms. The van der Waals surface area contributed by atoms with E-state index in [0.717, 1.165) is 12.0 Å². The third-order valence-electron chi connectivity index (χ3n) is 2.78. The molecule has 0 aliphatic carbocycles. The second-order valence-electron chi connectivity index (χ2n) is 4.21. The largest absolute Gasteiger partial charge is 0.492 e. The summed E-state index contributed by atoms with van der Waals surface area (Å²) in [6.07, 6.45) is 2.53. The number of halogens is 1. The Morgan fingerprint density at radius 2 is 2.11 bits per heavy atom. The molecule has 1 aromatic heterocycles. The highest BCUT2D eigenvalue weighted by Gasteiger charge is 2.09. The van der Waals surface area contributed by atoms with Crippen molar-refractivity contribution in [3.63, 3.8) is 0 Å². The lowest BCUT2D eigenvalue weighted by atomic mass is 10.1. The molecule has 0 atom stereocenters. The molecule has 0 unspecified atom stereocenters. The van der Waals surface area contributed by atoms with E-state index in [0.29, 0.717) is 30.2 Å². The van der Waals surface area contributed by atoms with Gasteiger partial charge in [0.25, 0.3) is 0 Å². The number of pyridine rings is 1. The molecular weight excluding hydrogens is 243 g/mol. The lowest BCUT2D eigenvalue weighted by Crippen LogP contribution is -2.04. The molecule has 2 rings (SSSR count). The number of aromatic nitrogens is 1. The van der Waals surface area contributed by atoms with Gasteiger partial charge in [0.1, 0.15) is 11.6 Å². The normalized spacial score (nSPS) is 10.5. The number of ether oxygens (including phenoxy) is 1. The van der Waals surface area contributed by atoms with Gasteiger partial charge in [-0.1, -0.05) is 19.1 Å². The van der Waals surface area contributed by atoms with Crippen LogP contribution in [0.3, 0.4) is 0 Å². The van der Waals surface area contributed by atoms with Crippen molar-refractivity contribution < 1.29 is 9.13 Å². The molecule has 0 bridgehead atoms. The summed E-state index contributed by atoms with van der Waals surface area (Å²) in [4.78, 5) is 4.25. The Labute approximate surface area is 112 Å². The molecule has 19 heavy (non-hydrogen) atoms. The Morgan fingerprint density at radius 1 is 1.32 bits per heavy atom. The van der Waals surface area contributed by atoms with Gasteiger partial charge >= 0.3 is 0 Å². The molecule has 0 saturated heterocycles. The van der Waals surface area contributed by atoms with E-state index in [1.807, 2.05) is 6.92 Å². The van der Waals surface area contributed by atoms with Crippen LogP contribution in [-0.4, -0.2) is 11.6 Å². The Kier molecular flexibility index (Phi) is 4.47. The van der Waals surface area contributed by atoms with Crippen molar-refractivity contribution >= 4 is 0 Å². The summed E-state index contributed by atoms with van der Waals surface area (Å²) >= 11 is 0. The quantitative estimate of drug-likeness (QED) is 0.898. The van der Waals surface area contributed by atoms with Gasteiger partial charge in [0.15, 0.2) is 0 Å². The summed E-state index contributed by atoms with van der Waals surface area (Å²) in [7, 11) is 0. The standard InChI is InChI=1S/C15H17FN2O/c1-2-7-19-15-10-18-14(8-11(15)9-17)12-5-3-4-6-13(12)16/h3-6,8,10H,2,7,9,17H2,1H3. The number of hydrogen-bond acceptors (Lipinski definition) is 3. The highest BCUT2D eigenvalue weighted by molar-refractivity contribution is 5.61. The van der Waals surface area contributed by atoms with Crippen LogP contribution in [0.25, 0.3) is 11.3 Å². The van der Waals surface area contributed by atoms with Crippen LogP contribution in [0.1, 0.15) is 18.9 Å². The lowest BCUT2D eigenvalue weighted by Gasteiger charge is -2.11. The smallest absolute Gasteiger partial charge is 0.142 e. The van der Waals surface area contributed by atoms with E-state index >= 15 is 0 Å². The van der Waals surface area contributed by atoms with Crippen molar-refractivity contribution in [1.82, 2.24) is 4.98 Å². The Morgan fingerprint density at radius 3 is 2.79 bits per heavy atom. The minimum absolute atomic E-state index is 0.291. The molecule has 1 heterocycles. The second kappa shape index (κ2) is 6.29. The summed E-state index contributed by atoms with van der Waals surface area (Å²) in [5.74, 6) is 0.379. The van der Waals surface area contributed by atoms with Gasteiger partial charge in [0.2, 0.25) is 0 Å². The maximum atomic E-state index is 13.7. The zero-order valence-electron chi connectivity index (χ0n) is 10.9. The molecule has 0 spiro atoms. The highest BCUT2D eigenvalue weighted by atomic mass is 19.1. The first kappa shape index (κ1) is 13.5. The molecule has 100 valence electrons. The first-order valence-corrected chi connectivity index (χ1v) is 6.33. The third kappa shape index (κ3) is 3.09. The van der Waals surface area contributed by atoms with E-state index in [1.165, 1.54) is 6.07 Å². The zero-order valence-corrected chi connectivity index (χ0v) is 10.9.